The van der Waals surface area contributed by atoms with E-state index in [4.69, 9.17) is 0 Å². The minimum Gasteiger partial charge on any atom is -0.351 e. The molecule has 2 aromatic carbocycles. The van der Waals surface area contributed by atoms with E-state index in [1.54, 1.807) is 6.20 Å². The van der Waals surface area contributed by atoms with E-state index in [0.29, 0.717) is 5.69 Å². The lowest BCUT2D eigenvalue weighted by molar-refractivity contribution is 0.102. The summed E-state index contributed by atoms with van der Waals surface area (Å²) in [4.78, 5) is 15.5. The van der Waals surface area contributed by atoms with Crippen molar-refractivity contribution in [3.05, 3.63) is 60.4 Å². The van der Waals surface area contributed by atoms with Crippen LogP contribution < -0.4 is 5.32 Å². The number of aromatic amines is 2. The van der Waals surface area contributed by atoms with Crippen LogP contribution in [0.5, 0.6) is 0 Å². The molecule has 0 atom stereocenters. The van der Waals surface area contributed by atoms with Crippen LogP contribution in [0.15, 0.2) is 54.7 Å². The molecule has 0 saturated heterocycles. The highest BCUT2D eigenvalue weighted by atomic mass is 16.1. The van der Waals surface area contributed by atoms with Crippen molar-refractivity contribution in [1.82, 2.24) is 15.2 Å². The second kappa shape index (κ2) is 4.49. The van der Waals surface area contributed by atoms with Gasteiger partial charge in [0.15, 0.2) is 0 Å². The monoisotopic (exact) mass is 276 g/mol. The van der Waals surface area contributed by atoms with Crippen molar-refractivity contribution in [2.24, 2.45) is 0 Å². The maximum Gasteiger partial charge on any atom is 0.272 e. The van der Waals surface area contributed by atoms with E-state index in [9.17, 15) is 4.79 Å². The zero-order valence-corrected chi connectivity index (χ0v) is 11.1. The molecule has 4 rings (SSSR count). The molecule has 2 heterocycles. The first-order chi connectivity index (χ1) is 10.3. The van der Waals surface area contributed by atoms with E-state index in [2.05, 4.69) is 20.5 Å². The van der Waals surface area contributed by atoms with Gasteiger partial charge in [0.25, 0.3) is 5.91 Å². The number of hydrogen-bond donors (Lipinski definition) is 3. The number of hydrogen-bond acceptors (Lipinski definition) is 2. The maximum absolute atomic E-state index is 12.4. The summed E-state index contributed by atoms with van der Waals surface area (Å²) in [5.41, 5.74) is 3.12. The number of nitrogens with zero attached hydrogens (tertiary/aromatic N) is 1. The summed E-state index contributed by atoms with van der Waals surface area (Å²) < 4.78 is 0. The van der Waals surface area contributed by atoms with Crippen molar-refractivity contribution in [2.45, 2.75) is 0 Å². The van der Waals surface area contributed by atoms with Crippen molar-refractivity contribution in [3.63, 3.8) is 0 Å². The van der Waals surface area contributed by atoms with Gasteiger partial charge >= 0.3 is 0 Å². The summed E-state index contributed by atoms with van der Waals surface area (Å²) in [7, 11) is 0. The van der Waals surface area contributed by atoms with Crippen LogP contribution in [0, 0.1) is 0 Å². The molecule has 102 valence electrons. The molecule has 0 aliphatic heterocycles. The lowest BCUT2D eigenvalue weighted by atomic mass is 10.2. The molecule has 1 amide bonds. The van der Waals surface area contributed by atoms with Gasteiger partial charge in [-0.25, -0.2) is 0 Å². The Hall–Kier alpha value is -3.08. The molecular formula is C16H12N4O. The summed E-state index contributed by atoms with van der Waals surface area (Å²) >= 11 is 0. The molecule has 0 radical (unpaired) electrons. The number of anilines is 1. The van der Waals surface area contributed by atoms with Gasteiger partial charge in [-0.2, -0.15) is 5.10 Å². The molecule has 5 nitrogen and oxygen atoms in total. The summed E-state index contributed by atoms with van der Waals surface area (Å²) in [5, 5.41) is 11.7. The largest absolute Gasteiger partial charge is 0.351 e. The molecule has 0 unspecified atom stereocenters. The van der Waals surface area contributed by atoms with E-state index < -0.39 is 0 Å². The van der Waals surface area contributed by atoms with Gasteiger partial charge in [0.1, 0.15) is 5.69 Å². The molecule has 21 heavy (non-hydrogen) atoms. The topological polar surface area (TPSA) is 73.6 Å². The van der Waals surface area contributed by atoms with Gasteiger partial charge in [0.05, 0.1) is 17.4 Å². The van der Waals surface area contributed by atoms with Crippen LogP contribution in [0.2, 0.25) is 0 Å². The predicted octanol–water partition coefficient (Wildman–Crippen LogP) is 3.30. The average Bonchev–Trinajstić information content (AvgIpc) is 3.14. The van der Waals surface area contributed by atoms with Crippen LogP contribution in [-0.4, -0.2) is 21.1 Å². The quantitative estimate of drug-likeness (QED) is 0.525. The fraction of sp³-hybridized carbons (Fsp3) is 0. The number of carbonyl (C=O) groups is 1. The molecule has 2 aromatic heterocycles. The van der Waals surface area contributed by atoms with Crippen molar-refractivity contribution in [3.8, 4) is 0 Å². The third-order valence-electron chi connectivity index (χ3n) is 3.51. The Morgan fingerprint density at radius 3 is 2.81 bits per heavy atom. The summed E-state index contributed by atoms with van der Waals surface area (Å²) in [6, 6.07) is 15.3. The number of nitrogens with one attached hydrogen (secondary N) is 3. The molecule has 0 saturated carbocycles. The number of H-pyrrole nitrogens is 2. The number of aromatic nitrogens is 3. The summed E-state index contributed by atoms with van der Waals surface area (Å²) in [6.07, 6.45) is 1.70. The highest BCUT2D eigenvalue weighted by Crippen LogP contribution is 2.22. The van der Waals surface area contributed by atoms with Gasteiger partial charge in [-0.1, -0.05) is 24.3 Å². The molecular weight excluding hydrogens is 264 g/mol. The van der Waals surface area contributed by atoms with Gasteiger partial charge in [-0.05, 0) is 24.3 Å². The smallest absolute Gasteiger partial charge is 0.272 e. The van der Waals surface area contributed by atoms with E-state index in [0.717, 1.165) is 27.5 Å². The number of fused-ring (bicyclic) bond motifs is 2. The lowest BCUT2D eigenvalue weighted by Crippen LogP contribution is -2.12. The number of para-hydroxylation sites is 1. The van der Waals surface area contributed by atoms with E-state index in [1.807, 2.05) is 48.5 Å². The van der Waals surface area contributed by atoms with Crippen LogP contribution in [0.3, 0.4) is 0 Å². The van der Waals surface area contributed by atoms with Crippen molar-refractivity contribution >= 4 is 33.4 Å². The zero-order chi connectivity index (χ0) is 14.2. The Balaban J connectivity index is 1.70. The van der Waals surface area contributed by atoms with Crippen LogP contribution in [-0.2, 0) is 0 Å². The first-order valence-corrected chi connectivity index (χ1v) is 6.62. The minimum atomic E-state index is -0.167. The Morgan fingerprint density at radius 1 is 1.05 bits per heavy atom. The SMILES string of the molecule is O=C(Nc1cccc2[nH]ncc12)c1cc2ccccc2[nH]1. The van der Waals surface area contributed by atoms with Crippen molar-refractivity contribution in [1.29, 1.82) is 0 Å². The molecule has 4 aromatic rings. The Kier molecular flexibility index (Phi) is 2.50. The number of carbonyl (C=O) groups excluding carboxylic acids is 1. The van der Waals surface area contributed by atoms with E-state index in [-0.39, 0.29) is 5.91 Å². The second-order valence-electron chi connectivity index (χ2n) is 4.86. The molecule has 0 bridgehead atoms. The molecule has 0 aliphatic rings. The Bertz CT molecular complexity index is 918. The van der Waals surface area contributed by atoms with Crippen molar-refractivity contribution in [2.75, 3.05) is 5.32 Å². The second-order valence-corrected chi connectivity index (χ2v) is 4.86. The summed E-state index contributed by atoms with van der Waals surface area (Å²) in [6.45, 7) is 0. The Labute approximate surface area is 120 Å². The van der Waals surface area contributed by atoms with E-state index >= 15 is 0 Å². The standard InChI is InChI=1S/C16H12N4O/c21-16(15-8-10-4-1-2-5-12(10)18-15)19-13-6-3-7-14-11(13)9-17-20-14/h1-9,18H,(H,17,20)(H,19,21). The third-order valence-corrected chi connectivity index (χ3v) is 3.51. The first kappa shape index (κ1) is 11.7. The molecule has 0 fully saturated rings. The van der Waals surface area contributed by atoms with Crippen molar-refractivity contribution < 1.29 is 4.79 Å². The maximum atomic E-state index is 12.4. The first-order valence-electron chi connectivity index (χ1n) is 6.62. The highest BCUT2D eigenvalue weighted by molar-refractivity contribution is 6.09. The normalized spacial score (nSPS) is 11.0. The van der Waals surface area contributed by atoms with Gasteiger partial charge < -0.3 is 10.3 Å². The van der Waals surface area contributed by atoms with Gasteiger partial charge in [-0.3, -0.25) is 9.89 Å². The van der Waals surface area contributed by atoms with E-state index in [1.165, 1.54) is 0 Å². The van der Waals surface area contributed by atoms with Crippen LogP contribution in [0.4, 0.5) is 5.69 Å². The molecule has 0 spiro atoms. The number of rotatable bonds is 2. The minimum absolute atomic E-state index is 0.167. The summed E-state index contributed by atoms with van der Waals surface area (Å²) in [5.74, 6) is -0.167. The lowest BCUT2D eigenvalue weighted by Gasteiger charge is -2.04. The van der Waals surface area contributed by atoms with Crippen LogP contribution in [0.25, 0.3) is 21.8 Å². The Morgan fingerprint density at radius 2 is 1.90 bits per heavy atom. The molecule has 5 heteroatoms. The average molecular weight is 276 g/mol. The number of amides is 1. The number of benzene rings is 2. The fourth-order valence-electron chi connectivity index (χ4n) is 2.46. The van der Waals surface area contributed by atoms with Gasteiger partial charge in [-0.15, -0.1) is 0 Å². The molecule has 3 N–H and O–H groups in total. The van der Waals surface area contributed by atoms with Gasteiger partial charge in [0, 0.05) is 16.3 Å². The van der Waals surface area contributed by atoms with Crippen LogP contribution >= 0.6 is 0 Å². The fourth-order valence-corrected chi connectivity index (χ4v) is 2.46. The van der Waals surface area contributed by atoms with Crippen LogP contribution in [0.1, 0.15) is 10.5 Å². The predicted molar refractivity (Wildman–Crippen MR) is 82.3 cm³/mol. The van der Waals surface area contributed by atoms with Gasteiger partial charge in [0.2, 0.25) is 0 Å². The third kappa shape index (κ3) is 1.95. The zero-order valence-electron chi connectivity index (χ0n) is 11.1. The molecule has 0 aliphatic carbocycles. The highest BCUT2D eigenvalue weighted by Gasteiger charge is 2.11.